The average Bonchev–Trinajstić information content (AvgIpc) is 2.58. The molecule has 0 saturated carbocycles. The Bertz CT molecular complexity index is 935. The van der Waals surface area contributed by atoms with Gasteiger partial charge in [0.05, 0.1) is 21.9 Å². The van der Waals surface area contributed by atoms with Crippen LogP contribution in [0, 0.1) is 5.92 Å². The topological polar surface area (TPSA) is 67.3 Å². The van der Waals surface area contributed by atoms with Crippen LogP contribution < -0.4 is 4.90 Å². The summed E-state index contributed by atoms with van der Waals surface area (Å²) in [5, 5.41) is 0. The van der Waals surface area contributed by atoms with E-state index in [1.165, 1.54) is 0 Å². The second-order valence-corrected chi connectivity index (χ2v) is 6.31. The molecule has 27 heavy (non-hydrogen) atoms. The van der Waals surface area contributed by atoms with E-state index in [1.54, 1.807) is 0 Å². The SMILES string of the molecule is CN(C(=O)C1C=CC(C(F)(F)F)=CC1=S(=O)=O)c1ccc(C(F)(F)F)cn1. The Morgan fingerprint density at radius 2 is 1.74 bits per heavy atom. The van der Waals surface area contributed by atoms with Crippen LogP contribution in [0.2, 0.25) is 0 Å². The molecule has 2 rings (SSSR count). The Balaban J connectivity index is 2.33. The Kier molecular flexibility index (Phi) is 5.50. The first-order chi connectivity index (χ1) is 12.3. The van der Waals surface area contributed by atoms with Crippen molar-refractivity contribution in [1.29, 1.82) is 0 Å². The zero-order chi connectivity index (χ0) is 20.6. The summed E-state index contributed by atoms with van der Waals surface area (Å²) in [5.74, 6) is -2.78. The first kappa shape index (κ1) is 20.7. The normalized spacial score (nSPS) is 17.5. The fourth-order valence-electron chi connectivity index (χ4n) is 2.19. The van der Waals surface area contributed by atoms with Gasteiger partial charge in [-0.1, -0.05) is 12.2 Å². The summed E-state index contributed by atoms with van der Waals surface area (Å²) in [5.41, 5.74) is -2.31. The van der Waals surface area contributed by atoms with E-state index in [0.717, 1.165) is 24.1 Å². The van der Waals surface area contributed by atoms with Crippen LogP contribution in [-0.2, 0) is 21.3 Å². The van der Waals surface area contributed by atoms with Crippen molar-refractivity contribution in [3.05, 3.63) is 47.7 Å². The molecule has 1 aliphatic rings. The number of hydrogen-bond donors (Lipinski definition) is 0. The lowest BCUT2D eigenvalue weighted by atomic mass is 9.95. The number of nitrogens with zero attached hydrogens (tertiary/aromatic N) is 2. The van der Waals surface area contributed by atoms with Crippen molar-refractivity contribution >= 4 is 26.9 Å². The van der Waals surface area contributed by atoms with Crippen LogP contribution >= 0.6 is 0 Å². The van der Waals surface area contributed by atoms with Crippen LogP contribution in [0.5, 0.6) is 0 Å². The minimum atomic E-state index is -4.81. The van der Waals surface area contributed by atoms with Gasteiger partial charge in [0.15, 0.2) is 0 Å². The van der Waals surface area contributed by atoms with E-state index in [2.05, 4.69) is 4.98 Å². The third-order valence-electron chi connectivity index (χ3n) is 3.61. The number of carbonyl (C=O) groups excluding carboxylic acids is 1. The van der Waals surface area contributed by atoms with Gasteiger partial charge in [-0.25, -0.2) is 4.98 Å². The first-order valence-corrected chi connectivity index (χ1v) is 8.14. The molecule has 1 unspecified atom stereocenters. The lowest BCUT2D eigenvalue weighted by Gasteiger charge is -2.23. The predicted octanol–water partition coefficient (Wildman–Crippen LogP) is 2.79. The molecular formula is C15H10F6N2O3S. The number of hydrogen-bond acceptors (Lipinski definition) is 4. The maximum atomic E-state index is 12.7. The van der Waals surface area contributed by atoms with Gasteiger partial charge in [-0.3, -0.25) is 9.69 Å². The highest BCUT2D eigenvalue weighted by Crippen LogP contribution is 2.31. The molecule has 0 saturated heterocycles. The molecule has 0 bridgehead atoms. The zero-order valence-corrected chi connectivity index (χ0v) is 14.2. The second kappa shape index (κ2) is 7.18. The molecule has 0 N–H and O–H groups in total. The Labute approximate surface area is 150 Å². The summed E-state index contributed by atoms with van der Waals surface area (Å²) in [6.45, 7) is 0. The number of allylic oxidation sites excluding steroid dienone is 3. The second-order valence-electron chi connectivity index (χ2n) is 5.37. The van der Waals surface area contributed by atoms with Gasteiger partial charge in [0, 0.05) is 13.2 Å². The molecule has 5 nitrogen and oxygen atoms in total. The molecule has 1 aliphatic carbocycles. The minimum absolute atomic E-state index is 0.233. The van der Waals surface area contributed by atoms with Gasteiger partial charge in [-0.15, -0.1) is 0 Å². The lowest BCUT2D eigenvalue weighted by molar-refractivity contribution is -0.137. The highest BCUT2D eigenvalue weighted by atomic mass is 32.2. The molecule has 1 amide bonds. The fourth-order valence-corrected chi connectivity index (χ4v) is 2.80. The van der Waals surface area contributed by atoms with Crippen LogP contribution in [0.4, 0.5) is 32.2 Å². The van der Waals surface area contributed by atoms with Crippen molar-refractivity contribution in [3.63, 3.8) is 0 Å². The van der Waals surface area contributed by atoms with E-state index in [9.17, 15) is 39.6 Å². The van der Waals surface area contributed by atoms with Crippen molar-refractivity contribution in [2.24, 2.45) is 5.92 Å². The molecule has 0 aromatic carbocycles. The monoisotopic (exact) mass is 412 g/mol. The number of amides is 1. The molecule has 0 spiro atoms. The molecule has 0 radical (unpaired) electrons. The molecular weight excluding hydrogens is 402 g/mol. The van der Waals surface area contributed by atoms with Gasteiger partial charge >= 0.3 is 12.4 Å². The molecule has 146 valence electrons. The van der Waals surface area contributed by atoms with Gasteiger partial charge in [-0.2, -0.15) is 34.8 Å². The van der Waals surface area contributed by atoms with Gasteiger partial charge in [0.1, 0.15) is 5.82 Å². The van der Waals surface area contributed by atoms with E-state index in [-0.39, 0.29) is 5.82 Å². The van der Waals surface area contributed by atoms with Crippen LogP contribution in [0.25, 0.3) is 0 Å². The van der Waals surface area contributed by atoms with E-state index in [4.69, 9.17) is 0 Å². The van der Waals surface area contributed by atoms with E-state index < -0.39 is 50.5 Å². The van der Waals surface area contributed by atoms with E-state index in [0.29, 0.717) is 24.4 Å². The number of pyridine rings is 1. The minimum Gasteiger partial charge on any atom is -0.299 e. The van der Waals surface area contributed by atoms with E-state index in [1.807, 2.05) is 0 Å². The number of halogens is 6. The summed E-state index contributed by atoms with van der Waals surface area (Å²) in [4.78, 5) is 15.9. The third kappa shape index (κ3) is 4.56. The summed E-state index contributed by atoms with van der Waals surface area (Å²) >= 11 is 0. The van der Waals surface area contributed by atoms with E-state index >= 15 is 0 Å². The van der Waals surface area contributed by atoms with Crippen LogP contribution in [0.15, 0.2) is 42.1 Å². The van der Waals surface area contributed by atoms with Crippen LogP contribution in [-0.4, -0.2) is 37.4 Å². The lowest BCUT2D eigenvalue weighted by Crippen LogP contribution is -2.37. The maximum absolute atomic E-state index is 12.7. The number of aromatic nitrogens is 1. The van der Waals surface area contributed by atoms with Gasteiger partial charge in [-0.05, 0) is 18.2 Å². The first-order valence-electron chi connectivity index (χ1n) is 7.06. The third-order valence-corrected chi connectivity index (χ3v) is 4.36. The average molecular weight is 412 g/mol. The van der Waals surface area contributed by atoms with Crippen molar-refractivity contribution < 1.29 is 39.6 Å². The van der Waals surface area contributed by atoms with Gasteiger partial charge in [0.25, 0.3) is 0 Å². The Morgan fingerprint density at radius 1 is 1.11 bits per heavy atom. The number of alkyl halides is 6. The molecule has 1 heterocycles. The number of rotatable bonds is 2. The maximum Gasteiger partial charge on any atom is 0.417 e. The Morgan fingerprint density at radius 3 is 2.19 bits per heavy atom. The van der Waals surface area contributed by atoms with Crippen molar-refractivity contribution in [2.45, 2.75) is 12.4 Å². The van der Waals surface area contributed by atoms with Crippen molar-refractivity contribution in [1.82, 2.24) is 4.98 Å². The summed E-state index contributed by atoms with van der Waals surface area (Å²) in [6, 6.07) is 1.55. The molecule has 12 heteroatoms. The molecule has 0 aliphatic heterocycles. The molecule has 0 fully saturated rings. The molecule has 1 atom stereocenters. The zero-order valence-electron chi connectivity index (χ0n) is 13.3. The summed E-state index contributed by atoms with van der Waals surface area (Å²) in [7, 11) is -2.01. The Hall–Kier alpha value is -2.63. The van der Waals surface area contributed by atoms with Crippen molar-refractivity contribution in [2.75, 3.05) is 11.9 Å². The van der Waals surface area contributed by atoms with Crippen molar-refractivity contribution in [3.8, 4) is 0 Å². The largest absolute Gasteiger partial charge is 0.417 e. The van der Waals surface area contributed by atoms with Crippen LogP contribution in [0.3, 0.4) is 0 Å². The van der Waals surface area contributed by atoms with Crippen LogP contribution in [0.1, 0.15) is 5.56 Å². The fraction of sp³-hybridized carbons (Fsp3) is 0.267. The van der Waals surface area contributed by atoms with Gasteiger partial charge < -0.3 is 0 Å². The number of anilines is 1. The predicted molar refractivity (Wildman–Crippen MR) is 83.3 cm³/mol. The highest BCUT2D eigenvalue weighted by Gasteiger charge is 2.37. The smallest absolute Gasteiger partial charge is 0.299 e. The summed E-state index contributed by atoms with van der Waals surface area (Å²) in [6.07, 6.45) is -7.31. The molecule has 1 aromatic rings. The standard InChI is InChI=1S/C15H10F6N2O3S/c1-23(12-5-3-9(7-22-12)15(19,20)21)13(24)10-4-2-8(14(16,17)18)6-11(10)27(25)26/h2-7,10H,1H3. The quantitative estimate of drug-likeness (QED) is 0.554. The number of carbonyl (C=O) groups is 1. The summed E-state index contributed by atoms with van der Waals surface area (Å²) < 4.78 is 98.4. The highest BCUT2D eigenvalue weighted by molar-refractivity contribution is 7.73. The van der Waals surface area contributed by atoms with Gasteiger partial charge in [0.2, 0.25) is 16.2 Å². The molecule has 1 aromatic heterocycles.